The summed E-state index contributed by atoms with van der Waals surface area (Å²) in [5.74, 6) is 0. The average molecular weight is 395 g/mol. The Labute approximate surface area is 166 Å². The molecular formula is C21H19ClN4O2. The van der Waals surface area contributed by atoms with Crippen LogP contribution in [-0.2, 0) is 6.54 Å². The first kappa shape index (κ1) is 18.4. The van der Waals surface area contributed by atoms with E-state index < -0.39 is 0 Å². The van der Waals surface area contributed by atoms with Crippen molar-refractivity contribution in [1.29, 1.82) is 0 Å². The van der Waals surface area contributed by atoms with E-state index in [2.05, 4.69) is 10.4 Å². The van der Waals surface area contributed by atoms with Crippen LogP contribution >= 0.6 is 11.6 Å². The van der Waals surface area contributed by atoms with Gasteiger partial charge in [-0.05, 0) is 23.3 Å². The molecule has 0 spiro atoms. The number of benzene rings is 2. The van der Waals surface area contributed by atoms with Crippen LogP contribution in [0.3, 0.4) is 0 Å². The number of fused-ring (bicyclic) bond motifs is 1. The molecule has 28 heavy (non-hydrogen) atoms. The predicted octanol–water partition coefficient (Wildman–Crippen LogP) is 2.89. The Morgan fingerprint density at radius 2 is 1.86 bits per heavy atom. The van der Waals surface area contributed by atoms with Gasteiger partial charge in [0, 0.05) is 24.8 Å². The molecule has 7 heteroatoms. The molecule has 6 nitrogen and oxygen atoms in total. The molecule has 0 aliphatic carbocycles. The van der Waals surface area contributed by atoms with Crippen LogP contribution in [0, 0.1) is 0 Å². The Bertz CT molecular complexity index is 1170. The van der Waals surface area contributed by atoms with Crippen molar-refractivity contribution in [3.8, 4) is 16.8 Å². The second-order valence-electron chi connectivity index (χ2n) is 6.37. The Hall–Kier alpha value is -2.93. The molecule has 0 bridgehead atoms. The minimum absolute atomic E-state index is 0.0659. The van der Waals surface area contributed by atoms with Crippen molar-refractivity contribution in [2.45, 2.75) is 6.54 Å². The molecule has 2 N–H and O–H groups in total. The molecular weight excluding hydrogens is 376 g/mol. The third kappa shape index (κ3) is 3.45. The van der Waals surface area contributed by atoms with E-state index in [-0.39, 0.29) is 12.3 Å². The number of halogens is 1. The van der Waals surface area contributed by atoms with Crippen LogP contribution in [-0.4, -0.2) is 32.4 Å². The Morgan fingerprint density at radius 1 is 1.04 bits per heavy atom. The maximum Gasteiger partial charge on any atom is 0.355 e. The zero-order valence-corrected chi connectivity index (χ0v) is 15.8. The summed E-state index contributed by atoms with van der Waals surface area (Å²) in [5.41, 5.74) is 3.53. The summed E-state index contributed by atoms with van der Waals surface area (Å²) in [6, 6.07) is 19.1. The normalized spacial score (nSPS) is 11.2. The van der Waals surface area contributed by atoms with Gasteiger partial charge in [-0.3, -0.25) is 0 Å². The van der Waals surface area contributed by atoms with E-state index in [0.717, 1.165) is 16.7 Å². The van der Waals surface area contributed by atoms with Gasteiger partial charge in [-0.1, -0.05) is 60.1 Å². The fourth-order valence-corrected chi connectivity index (χ4v) is 3.43. The Balaban J connectivity index is 1.77. The lowest BCUT2D eigenvalue weighted by Gasteiger charge is -2.08. The summed E-state index contributed by atoms with van der Waals surface area (Å²) in [6.45, 7) is 1.11. The lowest BCUT2D eigenvalue weighted by atomic mass is 10.1. The summed E-state index contributed by atoms with van der Waals surface area (Å²) >= 11 is 6.65. The van der Waals surface area contributed by atoms with E-state index in [1.165, 1.54) is 9.08 Å². The van der Waals surface area contributed by atoms with Crippen molar-refractivity contribution in [1.82, 2.24) is 19.5 Å². The van der Waals surface area contributed by atoms with Gasteiger partial charge in [-0.2, -0.15) is 4.68 Å². The van der Waals surface area contributed by atoms with Crippen LogP contribution in [0.15, 0.2) is 71.7 Å². The molecule has 4 rings (SSSR count). The minimum Gasteiger partial charge on any atom is -0.395 e. The zero-order valence-electron chi connectivity index (χ0n) is 15.0. The second kappa shape index (κ2) is 7.98. The molecule has 0 saturated heterocycles. The van der Waals surface area contributed by atoms with Gasteiger partial charge in [0.15, 0.2) is 5.65 Å². The summed E-state index contributed by atoms with van der Waals surface area (Å²) < 4.78 is 2.83. The van der Waals surface area contributed by atoms with Gasteiger partial charge in [0.2, 0.25) is 0 Å². The molecule has 0 aliphatic rings. The van der Waals surface area contributed by atoms with E-state index in [9.17, 15) is 4.79 Å². The lowest BCUT2D eigenvalue weighted by Crippen LogP contribution is -2.21. The number of hydrogen-bond donors (Lipinski definition) is 2. The number of nitrogens with one attached hydrogen (secondary N) is 1. The maximum atomic E-state index is 13.0. The quantitative estimate of drug-likeness (QED) is 0.493. The van der Waals surface area contributed by atoms with Crippen LogP contribution in [0.25, 0.3) is 22.5 Å². The molecule has 4 aromatic rings. The third-order valence-corrected chi connectivity index (χ3v) is 4.88. The number of aromatic nitrogens is 3. The van der Waals surface area contributed by atoms with Crippen LogP contribution in [0.5, 0.6) is 0 Å². The summed E-state index contributed by atoms with van der Waals surface area (Å²) in [5, 5.41) is 16.9. The first-order valence-corrected chi connectivity index (χ1v) is 9.33. The lowest BCUT2D eigenvalue weighted by molar-refractivity contribution is 0.292. The summed E-state index contributed by atoms with van der Waals surface area (Å²) in [6.07, 6.45) is 1.75. The van der Waals surface area contributed by atoms with Gasteiger partial charge < -0.3 is 10.4 Å². The van der Waals surface area contributed by atoms with E-state index in [0.29, 0.717) is 29.4 Å². The first-order valence-electron chi connectivity index (χ1n) is 8.95. The highest BCUT2D eigenvalue weighted by Gasteiger charge is 2.15. The van der Waals surface area contributed by atoms with E-state index in [1.807, 2.05) is 48.5 Å². The Kier molecular flexibility index (Phi) is 5.25. The number of aliphatic hydroxyl groups is 1. The average Bonchev–Trinajstić information content (AvgIpc) is 3.05. The highest BCUT2D eigenvalue weighted by atomic mass is 35.5. The van der Waals surface area contributed by atoms with Gasteiger partial charge in [-0.25, -0.2) is 9.20 Å². The number of aliphatic hydroxyl groups excluding tert-OH is 1. The minimum atomic E-state index is -0.286. The smallest absolute Gasteiger partial charge is 0.355 e. The monoisotopic (exact) mass is 394 g/mol. The van der Waals surface area contributed by atoms with Crippen LogP contribution in [0.4, 0.5) is 0 Å². The fourth-order valence-electron chi connectivity index (χ4n) is 3.12. The molecule has 2 aromatic heterocycles. The largest absolute Gasteiger partial charge is 0.395 e. The van der Waals surface area contributed by atoms with Crippen LogP contribution < -0.4 is 11.0 Å². The van der Waals surface area contributed by atoms with E-state index in [1.54, 1.807) is 18.3 Å². The number of rotatable bonds is 6. The number of hydrogen-bond acceptors (Lipinski definition) is 4. The van der Waals surface area contributed by atoms with Crippen molar-refractivity contribution in [2.24, 2.45) is 0 Å². The van der Waals surface area contributed by atoms with E-state index >= 15 is 0 Å². The maximum absolute atomic E-state index is 13.0. The van der Waals surface area contributed by atoms with Gasteiger partial charge in [-0.15, -0.1) is 5.10 Å². The molecule has 0 radical (unpaired) electrons. The molecule has 0 fully saturated rings. The molecule has 0 saturated carbocycles. The highest BCUT2D eigenvalue weighted by molar-refractivity contribution is 6.35. The fraction of sp³-hybridized carbons (Fsp3) is 0.143. The number of pyridine rings is 1. The summed E-state index contributed by atoms with van der Waals surface area (Å²) in [7, 11) is 0. The zero-order chi connectivity index (χ0) is 19.5. The standard InChI is InChI=1S/C21H19ClN4O2/c22-20-17(16-5-2-1-3-6-16)7-4-8-18(20)26-21(28)25-14-15(13-23-11-12-27)9-10-19(25)24-26/h1-10,14,23,27H,11-13H2. The van der Waals surface area contributed by atoms with Gasteiger partial charge in [0.1, 0.15) is 0 Å². The third-order valence-electron chi connectivity index (χ3n) is 4.49. The highest BCUT2D eigenvalue weighted by Crippen LogP contribution is 2.32. The van der Waals surface area contributed by atoms with E-state index in [4.69, 9.17) is 16.7 Å². The van der Waals surface area contributed by atoms with Crippen molar-refractivity contribution < 1.29 is 5.11 Å². The van der Waals surface area contributed by atoms with Crippen molar-refractivity contribution in [3.63, 3.8) is 0 Å². The van der Waals surface area contributed by atoms with Crippen LogP contribution in [0.1, 0.15) is 5.56 Å². The molecule has 0 amide bonds. The van der Waals surface area contributed by atoms with Crippen molar-refractivity contribution in [2.75, 3.05) is 13.2 Å². The molecule has 0 aliphatic heterocycles. The number of nitrogens with zero attached hydrogens (tertiary/aromatic N) is 3. The molecule has 0 unspecified atom stereocenters. The van der Waals surface area contributed by atoms with Crippen LogP contribution in [0.2, 0.25) is 5.02 Å². The van der Waals surface area contributed by atoms with Gasteiger partial charge in [0.05, 0.1) is 17.3 Å². The Morgan fingerprint density at radius 3 is 2.64 bits per heavy atom. The molecule has 0 atom stereocenters. The SMILES string of the molecule is O=c1n(-c2cccc(-c3ccccc3)c2Cl)nc2ccc(CNCCO)cn12. The van der Waals surface area contributed by atoms with Crippen molar-refractivity contribution in [3.05, 3.63) is 87.9 Å². The topological polar surface area (TPSA) is 71.6 Å². The second-order valence-corrected chi connectivity index (χ2v) is 6.74. The molecule has 142 valence electrons. The predicted molar refractivity (Wildman–Crippen MR) is 110 cm³/mol. The first-order chi connectivity index (χ1) is 13.7. The molecule has 2 heterocycles. The van der Waals surface area contributed by atoms with Gasteiger partial charge >= 0.3 is 5.69 Å². The van der Waals surface area contributed by atoms with Crippen molar-refractivity contribution >= 4 is 17.2 Å². The van der Waals surface area contributed by atoms with Gasteiger partial charge in [0.25, 0.3) is 0 Å². The summed E-state index contributed by atoms with van der Waals surface area (Å²) in [4.78, 5) is 13.0. The molecule has 2 aromatic carbocycles.